The van der Waals surface area contributed by atoms with E-state index in [4.69, 9.17) is 0 Å². The van der Waals surface area contributed by atoms with Crippen LogP contribution < -0.4 is 5.46 Å². The van der Waals surface area contributed by atoms with Crippen LogP contribution in [0.3, 0.4) is 0 Å². The molecule has 0 bridgehead atoms. The summed E-state index contributed by atoms with van der Waals surface area (Å²) in [6, 6.07) is 22.3. The van der Waals surface area contributed by atoms with Crippen molar-refractivity contribution >= 4 is 34.3 Å². The molecule has 0 aromatic heterocycles. The maximum Gasteiger partial charge on any atom is 0.158 e. The third-order valence-electron chi connectivity index (χ3n) is 7.03. The van der Waals surface area contributed by atoms with E-state index >= 15 is 0 Å². The van der Waals surface area contributed by atoms with Crippen molar-refractivity contribution in [2.45, 2.75) is 40.9 Å². The second-order valence-corrected chi connectivity index (χ2v) is 10.2. The molecule has 157 valence electrons. The Labute approximate surface area is 185 Å². The van der Waals surface area contributed by atoms with Crippen LogP contribution in [-0.2, 0) is 0 Å². The van der Waals surface area contributed by atoms with E-state index in [-0.39, 0.29) is 22.3 Å². The smallest absolute Gasteiger partial charge is 0.158 e. The van der Waals surface area contributed by atoms with Crippen LogP contribution in [0.25, 0.3) is 32.7 Å². The molecule has 1 radical (unpaired) electrons. The van der Waals surface area contributed by atoms with Crippen LogP contribution in [-0.4, -0.2) is 17.5 Å². The van der Waals surface area contributed by atoms with Crippen molar-refractivity contribution < 1.29 is 10.2 Å². The number of hydrogen-bond donors (Lipinski definition) is 2. The first kappa shape index (κ1) is 21.3. The van der Waals surface area contributed by atoms with E-state index in [1.54, 1.807) is 12.1 Å². The molecule has 0 aliphatic heterocycles. The van der Waals surface area contributed by atoms with Crippen LogP contribution in [0.5, 0.6) is 11.5 Å². The lowest BCUT2D eigenvalue weighted by molar-refractivity contribution is 0.157. The van der Waals surface area contributed by atoms with Gasteiger partial charge in [0.1, 0.15) is 0 Å². The Morgan fingerprint density at radius 1 is 0.710 bits per heavy atom. The van der Waals surface area contributed by atoms with E-state index in [1.807, 2.05) is 12.1 Å². The summed E-state index contributed by atoms with van der Waals surface area (Å²) >= 11 is 0. The number of aromatic hydroxyl groups is 2. The average molecular weight is 409 g/mol. The van der Waals surface area contributed by atoms with E-state index in [0.717, 1.165) is 39.0 Å². The van der Waals surface area contributed by atoms with Crippen LogP contribution in [0, 0.1) is 10.8 Å². The van der Waals surface area contributed by atoms with Crippen molar-refractivity contribution in [3.8, 4) is 22.6 Å². The molecular weight excluding hydrogens is 379 g/mol. The lowest BCUT2D eigenvalue weighted by Crippen LogP contribution is -2.33. The van der Waals surface area contributed by atoms with Crippen LogP contribution in [0.15, 0.2) is 66.7 Å². The minimum Gasteiger partial charge on any atom is -0.504 e. The molecule has 0 saturated carbocycles. The van der Waals surface area contributed by atoms with Gasteiger partial charge < -0.3 is 10.2 Å². The summed E-state index contributed by atoms with van der Waals surface area (Å²) in [5.74, 6) is -0.191. The van der Waals surface area contributed by atoms with E-state index in [2.05, 4.69) is 84.4 Å². The molecule has 0 aliphatic rings. The monoisotopic (exact) mass is 409 g/mol. The summed E-state index contributed by atoms with van der Waals surface area (Å²) in [6.45, 7) is 11.5. The maximum atomic E-state index is 10.1. The molecule has 4 aromatic carbocycles. The molecule has 0 heterocycles. The van der Waals surface area contributed by atoms with Crippen molar-refractivity contribution in [3.05, 3.63) is 66.7 Å². The normalized spacial score (nSPS) is 12.4. The molecule has 0 spiro atoms. The lowest BCUT2D eigenvalue weighted by atomic mass is 9.53. The standard InChI is InChI=1S/C28H30BO2/c1-27(2,3)28(4,5)17-29-20-10-8-9-18(13-20)23-14-19-15-25(30)26(31)16-24(19)22-12-7-6-11-21(22)23/h6-16,30-31H,17H2,1-5H3. The summed E-state index contributed by atoms with van der Waals surface area (Å²) < 4.78 is 0. The topological polar surface area (TPSA) is 40.5 Å². The van der Waals surface area contributed by atoms with Gasteiger partial charge in [0.15, 0.2) is 18.8 Å². The minimum absolute atomic E-state index is 0.0940. The maximum absolute atomic E-state index is 10.1. The highest BCUT2D eigenvalue weighted by Crippen LogP contribution is 2.41. The minimum atomic E-state index is -0.0970. The van der Waals surface area contributed by atoms with Crippen LogP contribution >= 0.6 is 0 Å². The van der Waals surface area contributed by atoms with Crippen LogP contribution in [0.4, 0.5) is 0 Å². The van der Waals surface area contributed by atoms with Gasteiger partial charge in [-0.05, 0) is 61.7 Å². The Morgan fingerprint density at radius 3 is 2.10 bits per heavy atom. The molecule has 0 atom stereocenters. The van der Waals surface area contributed by atoms with Crippen molar-refractivity contribution in [2.75, 3.05) is 0 Å². The predicted octanol–water partition coefficient (Wildman–Crippen LogP) is 6.89. The second-order valence-electron chi connectivity index (χ2n) is 10.2. The Bertz CT molecular complexity index is 1270. The second kappa shape index (κ2) is 7.64. The highest BCUT2D eigenvalue weighted by molar-refractivity contribution is 6.53. The van der Waals surface area contributed by atoms with E-state index in [9.17, 15) is 10.2 Å². The third kappa shape index (κ3) is 4.02. The summed E-state index contributed by atoms with van der Waals surface area (Å²) in [6.07, 6.45) is 1.01. The van der Waals surface area contributed by atoms with Gasteiger partial charge in [0.05, 0.1) is 0 Å². The fourth-order valence-corrected chi connectivity index (χ4v) is 3.88. The van der Waals surface area contributed by atoms with Gasteiger partial charge >= 0.3 is 0 Å². The molecule has 0 aliphatic carbocycles. The Hall–Kier alpha value is -2.94. The molecule has 2 nitrogen and oxygen atoms in total. The largest absolute Gasteiger partial charge is 0.504 e. The van der Waals surface area contributed by atoms with Crippen LogP contribution in [0.1, 0.15) is 34.6 Å². The molecular formula is C28H30BO2. The van der Waals surface area contributed by atoms with E-state index in [1.165, 1.54) is 5.46 Å². The summed E-state index contributed by atoms with van der Waals surface area (Å²) in [4.78, 5) is 0. The number of phenolic OH excluding ortho intramolecular Hbond substituents is 2. The predicted molar refractivity (Wildman–Crippen MR) is 134 cm³/mol. The molecule has 0 unspecified atom stereocenters. The zero-order chi connectivity index (χ0) is 22.4. The van der Waals surface area contributed by atoms with Gasteiger partial charge in [0.2, 0.25) is 0 Å². The highest BCUT2D eigenvalue weighted by atomic mass is 16.3. The van der Waals surface area contributed by atoms with Crippen molar-refractivity contribution in [3.63, 3.8) is 0 Å². The van der Waals surface area contributed by atoms with Gasteiger partial charge in [0, 0.05) is 0 Å². The molecule has 0 amide bonds. The summed E-state index contributed by atoms with van der Waals surface area (Å²) in [5.41, 5.74) is 3.90. The van der Waals surface area contributed by atoms with Gasteiger partial charge in [-0.25, -0.2) is 0 Å². The summed E-state index contributed by atoms with van der Waals surface area (Å²) in [5, 5.41) is 24.1. The van der Waals surface area contributed by atoms with Gasteiger partial charge in [-0.2, -0.15) is 0 Å². The van der Waals surface area contributed by atoms with Crippen molar-refractivity contribution in [1.82, 2.24) is 0 Å². The van der Waals surface area contributed by atoms with Crippen LogP contribution in [0.2, 0.25) is 6.32 Å². The van der Waals surface area contributed by atoms with Gasteiger partial charge in [0.25, 0.3) is 0 Å². The zero-order valence-electron chi connectivity index (χ0n) is 19.0. The quantitative estimate of drug-likeness (QED) is 0.219. The number of rotatable bonds is 4. The molecule has 3 heteroatoms. The zero-order valence-corrected chi connectivity index (χ0v) is 19.0. The van der Waals surface area contributed by atoms with Crippen molar-refractivity contribution in [1.29, 1.82) is 0 Å². The van der Waals surface area contributed by atoms with Gasteiger partial charge in [-0.3, -0.25) is 0 Å². The molecule has 4 aromatic rings. The molecule has 0 saturated heterocycles. The molecule has 4 rings (SSSR count). The number of phenols is 2. The van der Waals surface area contributed by atoms with Gasteiger partial charge in [-0.15, -0.1) is 0 Å². The fourth-order valence-electron chi connectivity index (χ4n) is 3.88. The van der Waals surface area contributed by atoms with Gasteiger partial charge in [-0.1, -0.05) is 94.9 Å². The third-order valence-corrected chi connectivity index (χ3v) is 7.03. The first-order chi connectivity index (χ1) is 14.6. The Morgan fingerprint density at radius 2 is 1.39 bits per heavy atom. The number of hydrogen-bond acceptors (Lipinski definition) is 2. The summed E-state index contributed by atoms with van der Waals surface area (Å²) in [7, 11) is 2.34. The Kier molecular flexibility index (Phi) is 5.25. The first-order valence-electron chi connectivity index (χ1n) is 10.9. The molecule has 2 N–H and O–H groups in total. The van der Waals surface area contributed by atoms with E-state index < -0.39 is 0 Å². The van der Waals surface area contributed by atoms with Crippen molar-refractivity contribution in [2.24, 2.45) is 10.8 Å². The fraction of sp³-hybridized carbons (Fsp3) is 0.286. The van der Waals surface area contributed by atoms with E-state index in [0.29, 0.717) is 0 Å². The average Bonchev–Trinajstić information content (AvgIpc) is 2.72. The number of fused-ring (bicyclic) bond motifs is 3. The Balaban J connectivity index is 1.80. The highest BCUT2D eigenvalue weighted by Gasteiger charge is 2.32. The first-order valence-corrected chi connectivity index (χ1v) is 10.9. The molecule has 31 heavy (non-hydrogen) atoms. The number of benzene rings is 4. The lowest BCUT2D eigenvalue weighted by Gasteiger charge is -2.39. The molecule has 0 fully saturated rings. The SMILES string of the molecule is CC(C)(C)C(C)(C)C[B]c1cccc(-c2cc3cc(O)c(O)cc3c3ccccc23)c1.